The van der Waals surface area contributed by atoms with Gasteiger partial charge in [0.1, 0.15) is 11.3 Å². The number of nitrogens with zero attached hydrogens (tertiary/aromatic N) is 3. The average molecular weight is 450 g/mol. The van der Waals surface area contributed by atoms with Gasteiger partial charge < -0.3 is 4.74 Å². The number of benzene rings is 1. The molecule has 1 aliphatic heterocycles. The maximum absolute atomic E-state index is 13.7. The van der Waals surface area contributed by atoms with Crippen LogP contribution >= 0.6 is 12.2 Å². The number of carbonyl (C=O) groups excluding carboxylic acids is 2. The summed E-state index contributed by atoms with van der Waals surface area (Å²) in [5, 5.41) is 5.63. The number of aryl methyl sites for hydroxylation is 2. The predicted octanol–water partition coefficient (Wildman–Crippen LogP) is 3.35. The van der Waals surface area contributed by atoms with Gasteiger partial charge in [-0.2, -0.15) is 18.3 Å². The number of hydrogen-bond acceptors (Lipinski definition) is 5. The lowest BCUT2D eigenvalue weighted by molar-refractivity contribution is -0.141. The van der Waals surface area contributed by atoms with E-state index in [1.165, 1.54) is 13.1 Å². The molecule has 2 heterocycles. The molecule has 1 fully saturated rings. The Morgan fingerprint density at radius 1 is 1.26 bits per heavy atom. The minimum absolute atomic E-state index is 0.0266. The first kappa shape index (κ1) is 22.2. The van der Waals surface area contributed by atoms with Gasteiger partial charge in [-0.3, -0.25) is 19.8 Å². The minimum atomic E-state index is -4.86. The number of carbonyl (C=O) groups is 2. The van der Waals surface area contributed by atoms with Gasteiger partial charge in [0, 0.05) is 13.6 Å². The van der Waals surface area contributed by atoms with Crippen molar-refractivity contribution in [3.63, 3.8) is 0 Å². The molecule has 1 aromatic carbocycles. The molecule has 1 N–H and O–H groups in total. The third kappa shape index (κ3) is 4.50. The Labute approximate surface area is 180 Å². The topological polar surface area (TPSA) is 76.5 Å². The lowest BCUT2D eigenvalue weighted by Crippen LogP contribution is -2.53. The van der Waals surface area contributed by atoms with E-state index in [9.17, 15) is 22.8 Å². The molecule has 1 aliphatic rings. The molecular formula is C20H17F3N4O3S. The quantitative estimate of drug-likeness (QED) is 0.327. The zero-order valence-corrected chi connectivity index (χ0v) is 17.3. The molecule has 0 bridgehead atoms. The zero-order chi connectivity index (χ0) is 22.9. The van der Waals surface area contributed by atoms with E-state index in [0.717, 1.165) is 21.2 Å². The molecule has 1 aromatic heterocycles. The van der Waals surface area contributed by atoms with Crippen LogP contribution in [0.2, 0.25) is 0 Å². The molecule has 11 heteroatoms. The fourth-order valence-electron chi connectivity index (χ4n) is 2.84. The molecule has 0 aliphatic carbocycles. The summed E-state index contributed by atoms with van der Waals surface area (Å²) < 4.78 is 47.5. The second-order valence-corrected chi connectivity index (χ2v) is 7.01. The molecule has 31 heavy (non-hydrogen) atoms. The first-order valence-electron chi connectivity index (χ1n) is 8.91. The summed E-state index contributed by atoms with van der Waals surface area (Å²) in [7, 11) is 1.27. The number of halogens is 3. The van der Waals surface area contributed by atoms with Crippen molar-refractivity contribution in [2.75, 3.05) is 6.54 Å². The number of nitrogens with one attached hydrogen (secondary N) is 1. The van der Waals surface area contributed by atoms with Gasteiger partial charge in [0.05, 0.1) is 5.56 Å². The molecule has 7 nitrogen and oxygen atoms in total. The standard InChI is InChI=1S/C20H17F3N4O3S/c1-4-9-27-17(29)14(16(28)24-19(27)31)10-13-15(20(21,22)23)25-26(3)18(13)30-12-7-5-11(2)6-8-12/h4-8,10H,1,9H2,2-3H3,(H,24,28,31). The number of thiocarbonyl (C=S) groups is 1. The predicted molar refractivity (Wildman–Crippen MR) is 110 cm³/mol. The Morgan fingerprint density at radius 3 is 2.48 bits per heavy atom. The largest absolute Gasteiger partial charge is 0.439 e. The third-order valence-electron chi connectivity index (χ3n) is 4.32. The van der Waals surface area contributed by atoms with E-state index in [1.807, 2.05) is 6.92 Å². The van der Waals surface area contributed by atoms with Gasteiger partial charge in [0.2, 0.25) is 5.88 Å². The molecule has 0 saturated carbocycles. The smallest absolute Gasteiger partial charge is 0.435 e. The van der Waals surface area contributed by atoms with E-state index in [0.29, 0.717) is 0 Å². The first-order chi connectivity index (χ1) is 14.5. The fourth-order valence-corrected chi connectivity index (χ4v) is 3.09. The lowest BCUT2D eigenvalue weighted by atomic mass is 10.1. The van der Waals surface area contributed by atoms with Crippen LogP contribution in [0.15, 0.2) is 42.5 Å². The van der Waals surface area contributed by atoms with E-state index < -0.39 is 34.8 Å². The molecule has 0 spiro atoms. The highest BCUT2D eigenvalue weighted by Crippen LogP contribution is 2.38. The molecule has 3 rings (SSSR count). The zero-order valence-electron chi connectivity index (χ0n) is 16.5. The maximum Gasteiger partial charge on any atom is 0.435 e. The maximum atomic E-state index is 13.7. The van der Waals surface area contributed by atoms with Gasteiger partial charge in [-0.25, -0.2) is 4.68 Å². The first-order valence-corrected chi connectivity index (χ1v) is 9.32. The van der Waals surface area contributed by atoms with Crippen molar-refractivity contribution < 1.29 is 27.5 Å². The van der Waals surface area contributed by atoms with Crippen molar-refractivity contribution in [2.45, 2.75) is 13.1 Å². The molecule has 0 atom stereocenters. The third-order valence-corrected chi connectivity index (χ3v) is 4.64. The highest BCUT2D eigenvalue weighted by molar-refractivity contribution is 7.80. The SMILES string of the molecule is C=CCN1C(=O)C(=Cc2c(C(F)(F)F)nn(C)c2Oc2ccc(C)cc2)C(=O)NC1=S. The summed E-state index contributed by atoms with van der Waals surface area (Å²) in [6.45, 7) is 5.32. The molecule has 162 valence electrons. The monoisotopic (exact) mass is 450 g/mol. The summed E-state index contributed by atoms with van der Waals surface area (Å²) in [6.07, 6.45) is -2.67. The van der Waals surface area contributed by atoms with Crippen LogP contribution in [0.5, 0.6) is 11.6 Å². The molecular weight excluding hydrogens is 433 g/mol. The van der Waals surface area contributed by atoms with Gasteiger partial charge in [0.25, 0.3) is 11.8 Å². The molecule has 0 radical (unpaired) electrons. The highest BCUT2D eigenvalue weighted by atomic mass is 32.1. The Kier molecular flexibility index (Phi) is 5.98. The summed E-state index contributed by atoms with van der Waals surface area (Å²) in [4.78, 5) is 26.1. The van der Waals surface area contributed by atoms with Crippen LogP contribution < -0.4 is 10.1 Å². The van der Waals surface area contributed by atoms with Gasteiger partial charge in [-0.05, 0) is 37.4 Å². The average Bonchev–Trinajstić information content (AvgIpc) is 3.00. The minimum Gasteiger partial charge on any atom is -0.439 e. The Morgan fingerprint density at radius 2 is 1.90 bits per heavy atom. The second kappa shape index (κ2) is 8.34. The van der Waals surface area contributed by atoms with Gasteiger partial charge in [0.15, 0.2) is 10.8 Å². The summed E-state index contributed by atoms with van der Waals surface area (Å²) >= 11 is 4.95. The van der Waals surface area contributed by atoms with Crippen molar-refractivity contribution in [2.24, 2.45) is 7.05 Å². The normalized spacial score (nSPS) is 16.0. The van der Waals surface area contributed by atoms with E-state index >= 15 is 0 Å². The van der Waals surface area contributed by atoms with Crippen molar-refractivity contribution in [3.05, 3.63) is 59.3 Å². The number of rotatable bonds is 5. The van der Waals surface area contributed by atoms with Crippen molar-refractivity contribution in [1.29, 1.82) is 0 Å². The van der Waals surface area contributed by atoms with Gasteiger partial charge in [-0.1, -0.05) is 23.8 Å². The molecule has 2 amide bonds. The highest BCUT2D eigenvalue weighted by Gasteiger charge is 2.41. The fraction of sp³-hybridized carbons (Fsp3) is 0.200. The number of alkyl halides is 3. The number of hydrogen-bond donors (Lipinski definition) is 1. The summed E-state index contributed by atoms with van der Waals surface area (Å²) in [5.74, 6) is -1.80. The Balaban J connectivity index is 2.14. The van der Waals surface area contributed by atoms with Gasteiger partial charge >= 0.3 is 6.18 Å². The Bertz CT molecular complexity index is 1100. The molecule has 0 unspecified atom stereocenters. The van der Waals surface area contributed by atoms with Crippen LogP contribution in [0.3, 0.4) is 0 Å². The van der Waals surface area contributed by atoms with Crippen LogP contribution in [0.4, 0.5) is 13.2 Å². The van der Waals surface area contributed by atoms with Crippen LogP contribution in [0.1, 0.15) is 16.8 Å². The summed E-state index contributed by atoms with van der Waals surface area (Å²) in [5.41, 5.74) is -1.46. The van der Waals surface area contributed by atoms with E-state index in [2.05, 4.69) is 17.0 Å². The second-order valence-electron chi connectivity index (χ2n) is 6.63. The Hall–Kier alpha value is -3.47. The van der Waals surface area contributed by atoms with E-state index in [1.54, 1.807) is 24.3 Å². The number of amides is 2. The van der Waals surface area contributed by atoms with Crippen LogP contribution in [0, 0.1) is 6.92 Å². The van der Waals surface area contributed by atoms with Crippen molar-refractivity contribution in [1.82, 2.24) is 20.0 Å². The van der Waals surface area contributed by atoms with Crippen LogP contribution in [0.25, 0.3) is 6.08 Å². The van der Waals surface area contributed by atoms with E-state index in [4.69, 9.17) is 17.0 Å². The van der Waals surface area contributed by atoms with Gasteiger partial charge in [-0.15, -0.1) is 6.58 Å². The molecule has 2 aromatic rings. The number of ether oxygens (including phenoxy) is 1. The van der Waals surface area contributed by atoms with Crippen molar-refractivity contribution >= 4 is 35.2 Å². The van der Waals surface area contributed by atoms with Crippen LogP contribution in [-0.2, 0) is 22.8 Å². The summed E-state index contributed by atoms with van der Waals surface area (Å²) in [6, 6.07) is 6.60. The lowest BCUT2D eigenvalue weighted by Gasteiger charge is -2.27. The van der Waals surface area contributed by atoms with Crippen molar-refractivity contribution in [3.8, 4) is 11.6 Å². The molecule has 1 saturated heterocycles. The number of aromatic nitrogens is 2. The van der Waals surface area contributed by atoms with E-state index in [-0.39, 0.29) is 23.3 Å². The van der Waals surface area contributed by atoms with Crippen LogP contribution in [-0.4, -0.2) is 38.2 Å².